The molecule has 1 unspecified atom stereocenters. The van der Waals surface area contributed by atoms with E-state index < -0.39 is 22.2 Å². The van der Waals surface area contributed by atoms with Gasteiger partial charge in [0.1, 0.15) is 5.75 Å². The molecular weight excluding hydrogens is 500 g/mol. The van der Waals surface area contributed by atoms with Gasteiger partial charge in [0, 0.05) is 18.7 Å². The lowest BCUT2D eigenvalue weighted by molar-refractivity contribution is 0.0775. The zero-order valence-electron chi connectivity index (χ0n) is 22.5. The minimum Gasteiger partial charge on any atom is -0.497 e. The molecule has 0 heterocycles. The smallest absolute Gasteiger partial charge is 0.251 e. The fraction of sp³-hybridized carbons (Fsp3) is 0.367. The van der Waals surface area contributed by atoms with Crippen molar-refractivity contribution < 1.29 is 23.1 Å². The molecule has 2 atom stereocenters. The molecule has 0 aliphatic rings. The van der Waals surface area contributed by atoms with Crippen LogP contribution in [0, 0.1) is 5.92 Å². The number of benzene rings is 3. The van der Waals surface area contributed by atoms with Gasteiger partial charge in [0.15, 0.2) is 0 Å². The van der Waals surface area contributed by atoms with E-state index in [1.54, 1.807) is 18.2 Å². The molecule has 0 aliphatic carbocycles. The average Bonchev–Trinajstić information content (AvgIpc) is 2.92. The van der Waals surface area contributed by atoms with E-state index >= 15 is 0 Å². The summed E-state index contributed by atoms with van der Waals surface area (Å²) >= 11 is 0. The van der Waals surface area contributed by atoms with Crippen molar-refractivity contribution in [3.8, 4) is 5.75 Å². The number of carbonyl (C=O) groups is 1. The van der Waals surface area contributed by atoms with Crippen molar-refractivity contribution in [2.45, 2.75) is 50.7 Å². The SMILES string of the molecule is CCc1ccccc1C(=O)N[C@@H](Cc1ccccc1)C(O)CN(CC(C)C)S(=O)(=O)c1ccc(OC)cc1. The van der Waals surface area contributed by atoms with E-state index in [0.29, 0.717) is 24.2 Å². The lowest BCUT2D eigenvalue weighted by atomic mass is 9.99. The molecule has 204 valence electrons. The third-order valence-corrected chi connectivity index (χ3v) is 8.22. The number of sulfonamides is 1. The summed E-state index contributed by atoms with van der Waals surface area (Å²) in [5.41, 5.74) is 2.38. The van der Waals surface area contributed by atoms with Crippen molar-refractivity contribution in [1.29, 1.82) is 0 Å². The van der Waals surface area contributed by atoms with Gasteiger partial charge in [-0.2, -0.15) is 4.31 Å². The topological polar surface area (TPSA) is 95.9 Å². The van der Waals surface area contributed by atoms with Gasteiger partial charge >= 0.3 is 0 Å². The summed E-state index contributed by atoms with van der Waals surface area (Å²) in [5.74, 6) is 0.280. The standard InChI is InChI=1S/C30H38N2O5S/c1-5-24-13-9-10-14-27(24)30(34)31-28(19-23-11-7-6-8-12-23)29(33)21-32(20-22(2)3)38(35,36)26-17-15-25(37-4)16-18-26/h6-18,22,28-29,33H,5,19-21H2,1-4H3,(H,31,34)/t28-,29?/m0/s1. The van der Waals surface area contributed by atoms with Gasteiger partial charge in [0.2, 0.25) is 10.0 Å². The highest BCUT2D eigenvalue weighted by Crippen LogP contribution is 2.22. The average molecular weight is 539 g/mol. The van der Waals surface area contributed by atoms with Crippen LogP contribution in [-0.4, -0.2) is 56.1 Å². The molecule has 8 heteroatoms. The summed E-state index contributed by atoms with van der Waals surface area (Å²) in [6.07, 6.45) is -0.113. The van der Waals surface area contributed by atoms with Gasteiger partial charge in [-0.05, 0) is 60.2 Å². The number of hydrogen-bond acceptors (Lipinski definition) is 5. The summed E-state index contributed by atoms with van der Waals surface area (Å²) in [5, 5.41) is 14.4. The summed E-state index contributed by atoms with van der Waals surface area (Å²) in [6.45, 7) is 5.88. The molecule has 0 bridgehead atoms. The molecule has 0 spiro atoms. The highest BCUT2D eigenvalue weighted by molar-refractivity contribution is 7.89. The van der Waals surface area contributed by atoms with Gasteiger partial charge in [0.25, 0.3) is 5.91 Å². The van der Waals surface area contributed by atoms with Crippen LogP contribution >= 0.6 is 0 Å². The Morgan fingerprint density at radius 1 is 0.947 bits per heavy atom. The van der Waals surface area contributed by atoms with Crippen LogP contribution in [0.15, 0.2) is 83.8 Å². The Morgan fingerprint density at radius 3 is 2.18 bits per heavy atom. The van der Waals surface area contributed by atoms with Crippen molar-refractivity contribution in [1.82, 2.24) is 9.62 Å². The molecule has 3 aromatic carbocycles. The van der Waals surface area contributed by atoms with Gasteiger partial charge in [-0.15, -0.1) is 0 Å². The fourth-order valence-electron chi connectivity index (χ4n) is 4.36. The van der Waals surface area contributed by atoms with Crippen LogP contribution in [0.3, 0.4) is 0 Å². The Kier molecular flexibility index (Phi) is 10.5. The minimum absolute atomic E-state index is 0.0221. The van der Waals surface area contributed by atoms with E-state index in [2.05, 4.69) is 5.32 Å². The molecule has 0 radical (unpaired) electrons. The first-order valence-corrected chi connectivity index (χ1v) is 14.3. The van der Waals surface area contributed by atoms with Crippen molar-refractivity contribution >= 4 is 15.9 Å². The Labute approximate surface area is 226 Å². The van der Waals surface area contributed by atoms with Gasteiger partial charge in [0.05, 0.1) is 24.2 Å². The summed E-state index contributed by atoms with van der Waals surface area (Å²) in [6, 6.07) is 22.4. The van der Waals surface area contributed by atoms with Crippen LogP contribution in [0.1, 0.15) is 42.3 Å². The number of nitrogens with one attached hydrogen (secondary N) is 1. The van der Waals surface area contributed by atoms with Crippen LogP contribution in [0.25, 0.3) is 0 Å². The number of amides is 1. The molecule has 7 nitrogen and oxygen atoms in total. The van der Waals surface area contributed by atoms with Crippen molar-refractivity contribution in [3.63, 3.8) is 0 Å². The largest absolute Gasteiger partial charge is 0.497 e. The number of rotatable bonds is 13. The first kappa shape index (κ1) is 29.4. The maximum Gasteiger partial charge on any atom is 0.251 e. The molecule has 3 aromatic rings. The third-order valence-electron chi connectivity index (χ3n) is 6.38. The number of aliphatic hydroxyl groups is 1. The van der Waals surface area contributed by atoms with Crippen LogP contribution < -0.4 is 10.1 Å². The number of aliphatic hydroxyl groups excluding tert-OH is 1. The Bertz CT molecular complexity index is 1280. The van der Waals surface area contributed by atoms with Gasteiger partial charge in [-0.1, -0.05) is 69.3 Å². The maximum atomic E-state index is 13.6. The lowest BCUT2D eigenvalue weighted by Gasteiger charge is -2.31. The van der Waals surface area contributed by atoms with Gasteiger partial charge in [-0.3, -0.25) is 4.79 Å². The lowest BCUT2D eigenvalue weighted by Crippen LogP contribution is -2.51. The molecule has 0 saturated carbocycles. The van der Waals surface area contributed by atoms with E-state index in [9.17, 15) is 18.3 Å². The summed E-state index contributed by atoms with van der Waals surface area (Å²) in [4.78, 5) is 13.4. The first-order valence-electron chi connectivity index (χ1n) is 12.9. The zero-order valence-corrected chi connectivity index (χ0v) is 23.3. The van der Waals surface area contributed by atoms with Crippen LogP contribution in [-0.2, 0) is 22.9 Å². The molecule has 1 amide bonds. The number of ether oxygens (including phenoxy) is 1. The maximum absolute atomic E-state index is 13.6. The van der Waals surface area contributed by atoms with Crippen LogP contribution in [0.4, 0.5) is 0 Å². The van der Waals surface area contributed by atoms with Gasteiger partial charge in [-0.25, -0.2) is 8.42 Å². The summed E-state index contributed by atoms with van der Waals surface area (Å²) in [7, 11) is -2.39. The third kappa shape index (κ3) is 7.66. The van der Waals surface area contributed by atoms with Crippen molar-refractivity contribution in [2.24, 2.45) is 5.92 Å². The molecule has 0 aliphatic heterocycles. The Morgan fingerprint density at radius 2 is 1.58 bits per heavy atom. The highest BCUT2D eigenvalue weighted by Gasteiger charge is 2.31. The van der Waals surface area contributed by atoms with Crippen molar-refractivity contribution in [3.05, 3.63) is 95.6 Å². The van der Waals surface area contributed by atoms with Gasteiger partial charge < -0.3 is 15.2 Å². The predicted octanol–water partition coefficient (Wildman–Crippen LogP) is 4.31. The quantitative estimate of drug-likeness (QED) is 0.338. The molecular formula is C30H38N2O5S. The molecule has 0 fully saturated rings. The Hall–Kier alpha value is -3.20. The number of nitrogens with zero attached hydrogens (tertiary/aromatic N) is 1. The van der Waals surface area contributed by atoms with Crippen LogP contribution in [0.5, 0.6) is 5.75 Å². The van der Waals surface area contributed by atoms with Crippen LogP contribution in [0.2, 0.25) is 0 Å². The number of carbonyl (C=O) groups excluding carboxylic acids is 1. The number of hydrogen-bond donors (Lipinski definition) is 2. The second-order valence-corrected chi connectivity index (χ2v) is 11.7. The minimum atomic E-state index is -3.91. The molecule has 3 rings (SSSR count). The van der Waals surface area contributed by atoms with E-state index in [1.165, 1.54) is 23.5 Å². The predicted molar refractivity (Wildman–Crippen MR) is 150 cm³/mol. The Balaban J connectivity index is 1.90. The molecule has 38 heavy (non-hydrogen) atoms. The van der Waals surface area contributed by atoms with E-state index in [4.69, 9.17) is 4.74 Å². The summed E-state index contributed by atoms with van der Waals surface area (Å²) < 4.78 is 33.7. The molecule has 2 N–H and O–H groups in total. The molecule has 0 saturated heterocycles. The first-order chi connectivity index (χ1) is 18.1. The molecule has 0 aromatic heterocycles. The zero-order chi connectivity index (χ0) is 27.7. The monoisotopic (exact) mass is 538 g/mol. The second kappa shape index (κ2) is 13.6. The normalized spacial score (nSPS) is 13.3. The van der Waals surface area contributed by atoms with E-state index in [-0.39, 0.29) is 29.8 Å². The second-order valence-electron chi connectivity index (χ2n) is 9.74. The highest BCUT2D eigenvalue weighted by atomic mass is 32.2. The number of methoxy groups -OCH3 is 1. The number of aryl methyl sites for hydroxylation is 1. The fourth-order valence-corrected chi connectivity index (χ4v) is 5.98. The van der Waals surface area contributed by atoms with E-state index in [1.807, 2.05) is 69.3 Å². The van der Waals surface area contributed by atoms with E-state index in [0.717, 1.165) is 11.1 Å². The van der Waals surface area contributed by atoms with Crippen molar-refractivity contribution in [2.75, 3.05) is 20.2 Å².